The molecule has 1 aromatic rings. The van der Waals surface area contributed by atoms with Crippen molar-refractivity contribution in [2.24, 2.45) is 11.1 Å². The lowest BCUT2D eigenvalue weighted by molar-refractivity contribution is -0.119. The van der Waals surface area contributed by atoms with Crippen molar-refractivity contribution in [3.63, 3.8) is 0 Å². The molecule has 1 amide bonds. The van der Waals surface area contributed by atoms with E-state index in [0.717, 1.165) is 11.8 Å². The number of aryl methyl sites for hydroxylation is 1. The van der Waals surface area contributed by atoms with Crippen LogP contribution in [-0.2, 0) is 14.8 Å². The highest BCUT2D eigenvalue weighted by atomic mass is 35.5. The number of nitrogens with two attached hydrogens (primary N) is 1. The fourth-order valence-corrected chi connectivity index (χ4v) is 2.24. The van der Waals surface area contributed by atoms with E-state index < -0.39 is 16.1 Å². The molecule has 1 atom stereocenters. The maximum absolute atomic E-state index is 12.1. The summed E-state index contributed by atoms with van der Waals surface area (Å²) < 4.78 is 25.0. The number of hydrogen-bond donors (Lipinski definition) is 3. The molecule has 0 saturated carbocycles. The molecule has 0 spiro atoms. The lowest BCUT2D eigenvalue weighted by Gasteiger charge is -2.26. The van der Waals surface area contributed by atoms with E-state index in [1.54, 1.807) is 25.1 Å². The molecule has 1 rings (SSSR count). The van der Waals surface area contributed by atoms with Crippen molar-refractivity contribution in [1.29, 1.82) is 0 Å². The third-order valence-corrected chi connectivity index (χ3v) is 3.61. The molecule has 1 aromatic carbocycles. The van der Waals surface area contributed by atoms with E-state index in [1.807, 2.05) is 20.8 Å². The van der Waals surface area contributed by atoms with Crippen molar-refractivity contribution in [1.82, 2.24) is 0 Å². The molecule has 0 aliphatic heterocycles. The number of carbonyl (C=O) groups excluding carboxylic acids is 1. The lowest BCUT2D eigenvalue weighted by atomic mass is 9.87. The molecule has 0 aliphatic rings. The summed E-state index contributed by atoms with van der Waals surface area (Å²) in [6.45, 7) is 7.41. The minimum atomic E-state index is -3.37. The largest absolute Gasteiger partial charge is 0.325 e. The number of benzene rings is 1. The average Bonchev–Trinajstić information content (AvgIpc) is 2.29. The minimum absolute atomic E-state index is 0. The molecule has 22 heavy (non-hydrogen) atoms. The van der Waals surface area contributed by atoms with Crippen LogP contribution in [-0.4, -0.2) is 26.6 Å². The second kappa shape index (κ2) is 7.30. The highest BCUT2D eigenvalue weighted by molar-refractivity contribution is 7.92. The highest BCUT2D eigenvalue weighted by Crippen LogP contribution is 2.23. The molecule has 0 radical (unpaired) electrons. The van der Waals surface area contributed by atoms with Crippen LogP contribution in [0.1, 0.15) is 26.3 Å². The topological polar surface area (TPSA) is 101 Å². The Kier molecular flexibility index (Phi) is 6.87. The van der Waals surface area contributed by atoms with Crippen molar-refractivity contribution < 1.29 is 13.2 Å². The first-order chi connectivity index (χ1) is 9.40. The summed E-state index contributed by atoms with van der Waals surface area (Å²) >= 11 is 0. The molecule has 0 bridgehead atoms. The van der Waals surface area contributed by atoms with Crippen LogP contribution in [0.15, 0.2) is 18.2 Å². The normalized spacial score (nSPS) is 13.0. The van der Waals surface area contributed by atoms with Gasteiger partial charge < -0.3 is 11.1 Å². The zero-order chi connectivity index (χ0) is 16.4. The smallest absolute Gasteiger partial charge is 0.241 e. The van der Waals surface area contributed by atoms with Crippen molar-refractivity contribution in [2.45, 2.75) is 33.7 Å². The van der Waals surface area contributed by atoms with Gasteiger partial charge >= 0.3 is 0 Å². The van der Waals surface area contributed by atoms with Crippen LogP contribution in [0, 0.1) is 12.3 Å². The van der Waals surface area contributed by atoms with Gasteiger partial charge in [-0.3, -0.25) is 9.52 Å². The molecule has 0 aromatic heterocycles. The molecule has 0 aliphatic carbocycles. The van der Waals surface area contributed by atoms with Gasteiger partial charge in [0.1, 0.15) is 0 Å². The molecular weight excluding hydrogens is 326 g/mol. The number of hydrogen-bond acceptors (Lipinski definition) is 4. The van der Waals surface area contributed by atoms with E-state index in [9.17, 15) is 13.2 Å². The fraction of sp³-hybridized carbons (Fsp3) is 0.500. The first kappa shape index (κ1) is 20.7. The number of sulfonamides is 1. The van der Waals surface area contributed by atoms with Crippen molar-refractivity contribution in [2.75, 3.05) is 16.3 Å². The van der Waals surface area contributed by atoms with Gasteiger partial charge in [0.05, 0.1) is 18.0 Å². The number of carbonyl (C=O) groups is 1. The number of anilines is 2. The van der Waals surface area contributed by atoms with Crippen molar-refractivity contribution >= 4 is 39.7 Å². The van der Waals surface area contributed by atoms with Gasteiger partial charge in [-0.05, 0) is 30.0 Å². The predicted molar refractivity (Wildman–Crippen MR) is 93.0 cm³/mol. The Bertz CT molecular complexity index is 639. The van der Waals surface area contributed by atoms with Gasteiger partial charge in [-0.25, -0.2) is 8.42 Å². The highest BCUT2D eigenvalue weighted by Gasteiger charge is 2.27. The van der Waals surface area contributed by atoms with E-state index in [2.05, 4.69) is 10.0 Å². The Morgan fingerprint density at radius 2 is 1.82 bits per heavy atom. The van der Waals surface area contributed by atoms with Gasteiger partial charge in [0.2, 0.25) is 15.9 Å². The first-order valence-corrected chi connectivity index (χ1v) is 8.44. The summed E-state index contributed by atoms with van der Waals surface area (Å²) in [5.41, 5.74) is 7.22. The molecule has 126 valence electrons. The van der Waals surface area contributed by atoms with Crippen LogP contribution >= 0.6 is 12.4 Å². The second-order valence-electron chi connectivity index (χ2n) is 6.24. The summed E-state index contributed by atoms with van der Waals surface area (Å²) in [7, 11) is -3.37. The van der Waals surface area contributed by atoms with Gasteiger partial charge in [0, 0.05) is 5.69 Å². The second-order valence-corrected chi connectivity index (χ2v) is 7.99. The molecular formula is C14H24ClN3O3S. The van der Waals surface area contributed by atoms with E-state index in [-0.39, 0.29) is 23.7 Å². The van der Waals surface area contributed by atoms with Crippen LogP contribution in [0.25, 0.3) is 0 Å². The third-order valence-electron chi connectivity index (χ3n) is 3.02. The molecule has 8 heteroatoms. The Labute approximate surface area is 138 Å². The van der Waals surface area contributed by atoms with Gasteiger partial charge in [0.25, 0.3) is 0 Å². The lowest BCUT2D eigenvalue weighted by Crippen LogP contribution is -2.45. The van der Waals surface area contributed by atoms with E-state index in [4.69, 9.17) is 5.73 Å². The van der Waals surface area contributed by atoms with Gasteiger partial charge in [-0.15, -0.1) is 12.4 Å². The molecule has 4 N–H and O–H groups in total. The van der Waals surface area contributed by atoms with Crippen LogP contribution in [0.4, 0.5) is 11.4 Å². The Morgan fingerprint density at radius 3 is 2.27 bits per heavy atom. The standard InChI is InChI=1S/C14H23N3O3S.ClH/c1-9-6-7-10(8-11(9)17-21(5,19)20)16-13(18)12(15)14(2,3)4;/h6-8,12,17H,15H2,1-5H3,(H,16,18);1H/t12-;/m1./s1. The Hall–Kier alpha value is -1.31. The van der Waals surface area contributed by atoms with Gasteiger partial charge in [-0.2, -0.15) is 0 Å². The number of nitrogens with one attached hydrogen (secondary N) is 2. The molecule has 0 unspecified atom stereocenters. The van der Waals surface area contributed by atoms with Crippen LogP contribution < -0.4 is 15.8 Å². The van der Waals surface area contributed by atoms with Crippen LogP contribution in [0.5, 0.6) is 0 Å². The summed E-state index contributed by atoms with van der Waals surface area (Å²) in [4.78, 5) is 12.1. The van der Waals surface area contributed by atoms with Crippen LogP contribution in [0.2, 0.25) is 0 Å². The number of rotatable bonds is 4. The average molecular weight is 350 g/mol. The minimum Gasteiger partial charge on any atom is -0.325 e. The Morgan fingerprint density at radius 1 is 1.27 bits per heavy atom. The molecule has 6 nitrogen and oxygen atoms in total. The van der Waals surface area contributed by atoms with Gasteiger partial charge in [-0.1, -0.05) is 26.8 Å². The van der Waals surface area contributed by atoms with Crippen molar-refractivity contribution in [3.05, 3.63) is 23.8 Å². The monoisotopic (exact) mass is 349 g/mol. The zero-order valence-electron chi connectivity index (χ0n) is 13.4. The van der Waals surface area contributed by atoms with Crippen molar-refractivity contribution in [3.8, 4) is 0 Å². The van der Waals surface area contributed by atoms with Gasteiger partial charge in [0.15, 0.2) is 0 Å². The Balaban J connectivity index is 0.00000441. The number of amides is 1. The summed E-state index contributed by atoms with van der Waals surface area (Å²) in [6, 6.07) is 4.34. The summed E-state index contributed by atoms with van der Waals surface area (Å²) in [5.74, 6) is -0.309. The molecule has 0 heterocycles. The summed E-state index contributed by atoms with van der Waals surface area (Å²) in [6.07, 6.45) is 1.08. The molecule has 0 saturated heterocycles. The predicted octanol–water partition coefficient (Wildman–Crippen LogP) is 2.10. The van der Waals surface area contributed by atoms with E-state index in [0.29, 0.717) is 11.4 Å². The van der Waals surface area contributed by atoms with E-state index in [1.165, 1.54) is 0 Å². The quantitative estimate of drug-likeness (QED) is 0.774. The first-order valence-electron chi connectivity index (χ1n) is 6.55. The van der Waals surface area contributed by atoms with E-state index >= 15 is 0 Å². The fourth-order valence-electron chi connectivity index (χ4n) is 1.62. The summed E-state index contributed by atoms with van der Waals surface area (Å²) in [5, 5.41) is 2.70. The molecule has 0 fully saturated rings. The maximum atomic E-state index is 12.1. The number of halogens is 1. The maximum Gasteiger partial charge on any atom is 0.241 e. The zero-order valence-corrected chi connectivity index (χ0v) is 15.1. The van der Waals surface area contributed by atoms with Crippen LogP contribution in [0.3, 0.4) is 0 Å². The SMILES string of the molecule is Cc1ccc(NC(=O)[C@@H](N)C(C)(C)C)cc1NS(C)(=O)=O.Cl. The third kappa shape index (κ3) is 6.21.